The van der Waals surface area contributed by atoms with Crippen LogP contribution in [0.5, 0.6) is 5.75 Å². The highest BCUT2D eigenvalue weighted by atomic mass is 16.5. The number of piperazine rings is 1. The van der Waals surface area contributed by atoms with Gasteiger partial charge in [-0.05, 0) is 31.0 Å². The van der Waals surface area contributed by atoms with Gasteiger partial charge < -0.3 is 19.9 Å². The van der Waals surface area contributed by atoms with E-state index in [1.165, 1.54) is 5.56 Å². The van der Waals surface area contributed by atoms with Crippen LogP contribution >= 0.6 is 0 Å². The molecule has 1 unspecified atom stereocenters. The zero-order valence-corrected chi connectivity index (χ0v) is 16.4. The predicted octanol–water partition coefficient (Wildman–Crippen LogP) is 2.13. The average Bonchev–Trinajstić information content (AvgIpc) is 2.77. The van der Waals surface area contributed by atoms with Crippen molar-refractivity contribution in [3.63, 3.8) is 0 Å². The molecule has 0 bridgehead atoms. The Morgan fingerprint density at radius 1 is 1.14 bits per heavy atom. The van der Waals surface area contributed by atoms with E-state index in [0.29, 0.717) is 5.92 Å². The van der Waals surface area contributed by atoms with Gasteiger partial charge >= 0.3 is 0 Å². The maximum Gasteiger partial charge on any atom is 0.225 e. The highest BCUT2D eigenvalue weighted by Gasteiger charge is 2.23. The molecule has 1 aromatic carbocycles. The first kappa shape index (κ1) is 18.5. The molecule has 0 aliphatic carbocycles. The van der Waals surface area contributed by atoms with E-state index in [0.717, 1.165) is 70.0 Å². The normalized spacial score (nSPS) is 19.8. The maximum atomic E-state index is 5.79. The predicted molar refractivity (Wildman–Crippen MR) is 111 cm³/mol. The second-order valence-electron chi connectivity index (χ2n) is 7.09. The van der Waals surface area contributed by atoms with E-state index in [-0.39, 0.29) is 0 Å². The summed E-state index contributed by atoms with van der Waals surface area (Å²) < 4.78 is 5.79. The van der Waals surface area contributed by atoms with E-state index < -0.39 is 0 Å². The number of ether oxygens (including phenoxy) is 1. The molecular formula is C21H28N6O. The number of rotatable bonds is 4. The van der Waals surface area contributed by atoms with Crippen molar-refractivity contribution in [3.8, 4) is 5.75 Å². The number of guanidine groups is 1. The largest absolute Gasteiger partial charge is 0.493 e. The first-order valence-corrected chi connectivity index (χ1v) is 10.1. The summed E-state index contributed by atoms with van der Waals surface area (Å²) in [5.74, 6) is 3.23. The van der Waals surface area contributed by atoms with E-state index in [1.807, 2.05) is 12.1 Å². The quantitative estimate of drug-likeness (QED) is 0.648. The second-order valence-corrected chi connectivity index (χ2v) is 7.09. The minimum Gasteiger partial charge on any atom is -0.493 e. The van der Waals surface area contributed by atoms with Gasteiger partial charge in [-0.15, -0.1) is 0 Å². The zero-order valence-electron chi connectivity index (χ0n) is 16.4. The van der Waals surface area contributed by atoms with Crippen molar-refractivity contribution in [2.45, 2.75) is 19.3 Å². The lowest BCUT2D eigenvalue weighted by Gasteiger charge is -2.36. The van der Waals surface area contributed by atoms with Gasteiger partial charge in [-0.3, -0.25) is 4.99 Å². The number of anilines is 1. The molecule has 0 spiro atoms. The van der Waals surface area contributed by atoms with Crippen LogP contribution in [0.25, 0.3) is 0 Å². The van der Waals surface area contributed by atoms with Crippen molar-refractivity contribution in [1.29, 1.82) is 0 Å². The van der Waals surface area contributed by atoms with E-state index in [1.54, 1.807) is 12.4 Å². The van der Waals surface area contributed by atoms with E-state index in [9.17, 15) is 0 Å². The van der Waals surface area contributed by atoms with Crippen LogP contribution in [0.3, 0.4) is 0 Å². The molecule has 148 valence electrons. The van der Waals surface area contributed by atoms with Crippen molar-refractivity contribution < 1.29 is 4.74 Å². The lowest BCUT2D eigenvalue weighted by molar-refractivity contribution is 0.268. The van der Waals surface area contributed by atoms with Gasteiger partial charge in [0.25, 0.3) is 0 Å². The van der Waals surface area contributed by atoms with Crippen molar-refractivity contribution >= 4 is 11.9 Å². The van der Waals surface area contributed by atoms with Gasteiger partial charge in [0, 0.05) is 57.6 Å². The monoisotopic (exact) mass is 380 g/mol. The Labute approximate surface area is 166 Å². The summed E-state index contributed by atoms with van der Waals surface area (Å²) in [4.78, 5) is 18.3. The molecule has 2 aromatic rings. The molecule has 2 aliphatic heterocycles. The third-order valence-corrected chi connectivity index (χ3v) is 5.29. The minimum atomic E-state index is 0.414. The number of fused-ring (bicyclic) bond motifs is 1. The topological polar surface area (TPSA) is 65.9 Å². The van der Waals surface area contributed by atoms with Crippen LogP contribution in [-0.2, 0) is 0 Å². The van der Waals surface area contributed by atoms with Crippen molar-refractivity contribution in [1.82, 2.24) is 20.2 Å². The van der Waals surface area contributed by atoms with E-state index in [2.05, 4.69) is 50.2 Å². The van der Waals surface area contributed by atoms with Gasteiger partial charge in [0.15, 0.2) is 5.96 Å². The number of benzene rings is 1. The molecule has 3 heterocycles. The lowest BCUT2D eigenvalue weighted by Crippen LogP contribution is -2.53. The zero-order chi connectivity index (χ0) is 19.2. The number of aliphatic imine (C=N–C) groups is 1. The summed E-state index contributed by atoms with van der Waals surface area (Å²) in [5, 5.41) is 3.47. The van der Waals surface area contributed by atoms with Crippen LogP contribution in [0.4, 0.5) is 5.95 Å². The summed E-state index contributed by atoms with van der Waals surface area (Å²) in [6.45, 7) is 8.15. The van der Waals surface area contributed by atoms with Gasteiger partial charge in [-0.2, -0.15) is 0 Å². The first-order valence-electron chi connectivity index (χ1n) is 10.1. The van der Waals surface area contributed by atoms with Crippen LogP contribution < -0.4 is 15.0 Å². The summed E-state index contributed by atoms with van der Waals surface area (Å²) in [7, 11) is 0. The smallest absolute Gasteiger partial charge is 0.225 e. The average molecular weight is 380 g/mol. The lowest BCUT2D eigenvalue weighted by atomic mass is 9.93. The third-order valence-electron chi connectivity index (χ3n) is 5.29. The molecule has 1 saturated heterocycles. The molecule has 1 atom stereocenters. The number of para-hydroxylation sites is 1. The molecule has 0 amide bonds. The van der Waals surface area contributed by atoms with Crippen molar-refractivity contribution in [2.24, 2.45) is 4.99 Å². The molecule has 0 radical (unpaired) electrons. The molecule has 2 aliphatic rings. The first-order chi connectivity index (χ1) is 13.8. The fourth-order valence-corrected chi connectivity index (χ4v) is 3.80. The van der Waals surface area contributed by atoms with Crippen LogP contribution in [0.15, 0.2) is 47.7 Å². The Kier molecular flexibility index (Phi) is 5.89. The number of hydrogen-bond donors (Lipinski definition) is 1. The van der Waals surface area contributed by atoms with Crippen molar-refractivity contribution in [2.75, 3.05) is 50.8 Å². The van der Waals surface area contributed by atoms with E-state index >= 15 is 0 Å². The standard InChI is InChI=1S/C21H28N6O/c1-2-22-20(25-16-17-8-15-28-19-7-4-3-6-18(17)19)26-11-13-27(14-12-26)21-23-9-5-10-24-21/h3-7,9-10,17H,2,8,11-16H2,1H3,(H,22,25). The van der Waals surface area contributed by atoms with Gasteiger partial charge in [0.2, 0.25) is 5.95 Å². The van der Waals surface area contributed by atoms with Crippen LogP contribution in [0.1, 0.15) is 24.8 Å². The Bertz CT molecular complexity index is 788. The fraction of sp³-hybridized carbons (Fsp3) is 0.476. The molecule has 7 nitrogen and oxygen atoms in total. The Morgan fingerprint density at radius 3 is 2.71 bits per heavy atom. The summed E-state index contributed by atoms with van der Waals surface area (Å²) >= 11 is 0. The third kappa shape index (κ3) is 4.18. The molecule has 28 heavy (non-hydrogen) atoms. The van der Waals surface area contributed by atoms with Crippen molar-refractivity contribution in [3.05, 3.63) is 48.3 Å². The molecule has 1 N–H and O–H groups in total. The van der Waals surface area contributed by atoms with Gasteiger partial charge in [0.05, 0.1) is 6.61 Å². The van der Waals surface area contributed by atoms with E-state index in [4.69, 9.17) is 9.73 Å². The summed E-state index contributed by atoms with van der Waals surface area (Å²) in [5.41, 5.74) is 1.28. The van der Waals surface area contributed by atoms with Crippen LogP contribution in [-0.4, -0.2) is 66.7 Å². The molecular weight excluding hydrogens is 352 g/mol. The Morgan fingerprint density at radius 2 is 1.93 bits per heavy atom. The molecule has 4 rings (SSSR count). The second kappa shape index (κ2) is 8.91. The van der Waals surface area contributed by atoms with Crippen LogP contribution in [0, 0.1) is 0 Å². The number of hydrogen-bond acceptors (Lipinski definition) is 5. The molecule has 1 fully saturated rings. The highest BCUT2D eigenvalue weighted by Crippen LogP contribution is 2.33. The summed E-state index contributed by atoms with van der Waals surface area (Å²) in [6.07, 6.45) is 4.61. The minimum absolute atomic E-state index is 0.414. The number of nitrogens with zero attached hydrogens (tertiary/aromatic N) is 5. The number of nitrogens with one attached hydrogen (secondary N) is 1. The fourth-order valence-electron chi connectivity index (χ4n) is 3.80. The SMILES string of the molecule is CCNC(=NCC1CCOc2ccccc21)N1CCN(c2ncccn2)CC1. The van der Waals surface area contributed by atoms with Gasteiger partial charge in [-0.1, -0.05) is 18.2 Å². The molecule has 0 saturated carbocycles. The Balaban J connectivity index is 1.41. The number of aromatic nitrogens is 2. The summed E-state index contributed by atoms with van der Waals surface area (Å²) in [6, 6.07) is 10.2. The van der Waals surface area contributed by atoms with Crippen LogP contribution in [0.2, 0.25) is 0 Å². The van der Waals surface area contributed by atoms with Gasteiger partial charge in [0.1, 0.15) is 5.75 Å². The Hall–Kier alpha value is -2.83. The molecule has 7 heteroatoms. The van der Waals surface area contributed by atoms with Gasteiger partial charge in [-0.25, -0.2) is 9.97 Å². The maximum absolute atomic E-state index is 5.79. The highest BCUT2D eigenvalue weighted by molar-refractivity contribution is 5.80. The molecule has 1 aromatic heterocycles.